The first kappa shape index (κ1) is 16.1. The maximum absolute atomic E-state index is 12.3. The first-order valence-corrected chi connectivity index (χ1v) is 9.48. The van der Waals surface area contributed by atoms with Crippen LogP contribution in [0.2, 0.25) is 0 Å². The lowest BCUT2D eigenvalue weighted by Crippen LogP contribution is -2.40. The summed E-state index contributed by atoms with van der Waals surface area (Å²) in [6.45, 7) is 3.22. The van der Waals surface area contributed by atoms with Gasteiger partial charge in [0.2, 0.25) is 5.91 Å². The van der Waals surface area contributed by atoms with Gasteiger partial charge in [0.05, 0.1) is 21.8 Å². The maximum atomic E-state index is 12.3. The second-order valence-electron chi connectivity index (χ2n) is 6.49. The van der Waals surface area contributed by atoms with Gasteiger partial charge in [0.15, 0.2) is 0 Å². The van der Waals surface area contributed by atoms with Crippen LogP contribution in [0.3, 0.4) is 0 Å². The molecule has 25 heavy (non-hydrogen) atoms. The Morgan fingerprint density at radius 1 is 1.24 bits per heavy atom. The summed E-state index contributed by atoms with van der Waals surface area (Å²) in [5.74, 6) is 0.0738. The van der Waals surface area contributed by atoms with Crippen molar-refractivity contribution in [2.75, 3.05) is 18.0 Å². The Labute approximate surface area is 151 Å². The fraction of sp³-hybridized carbons (Fsp3) is 0.300. The van der Waals surface area contributed by atoms with Crippen molar-refractivity contribution < 1.29 is 4.79 Å². The van der Waals surface area contributed by atoms with Crippen LogP contribution in [0.15, 0.2) is 48.5 Å². The molecule has 4 nitrogen and oxygen atoms in total. The van der Waals surface area contributed by atoms with E-state index in [2.05, 4.69) is 46.4 Å². The molecule has 1 atom stereocenters. The Kier molecular flexibility index (Phi) is 4.40. The van der Waals surface area contributed by atoms with Crippen molar-refractivity contribution in [1.82, 2.24) is 10.3 Å². The number of para-hydroxylation sites is 2. The van der Waals surface area contributed by atoms with Crippen LogP contribution in [-0.4, -0.2) is 30.0 Å². The number of hydrogen-bond donors (Lipinski definition) is 1. The highest BCUT2D eigenvalue weighted by Gasteiger charge is 2.26. The molecule has 1 N–H and O–H groups in total. The van der Waals surface area contributed by atoms with E-state index < -0.39 is 0 Å². The zero-order valence-electron chi connectivity index (χ0n) is 14.2. The lowest BCUT2D eigenvalue weighted by atomic mass is 10.1. The Bertz CT molecular complexity index is 872. The van der Waals surface area contributed by atoms with Crippen molar-refractivity contribution in [2.45, 2.75) is 25.8 Å². The van der Waals surface area contributed by atoms with Crippen molar-refractivity contribution in [3.05, 3.63) is 59.1 Å². The van der Waals surface area contributed by atoms with Gasteiger partial charge in [-0.25, -0.2) is 4.98 Å². The number of rotatable bonds is 5. The molecule has 0 saturated heterocycles. The summed E-state index contributed by atoms with van der Waals surface area (Å²) in [4.78, 5) is 19.2. The number of amides is 1. The van der Waals surface area contributed by atoms with E-state index in [0.717, 1.165) is 23.4 Å². The summed E-state index contributed by atoms with van der Waals surface area (Å²) in [6.07, 6.45) is 1.78. The number of carbonyl (C=O) groups is 1. The molecule has 0 aliphatic carbocycles. The van der Waals surface area contributed by atoms with E-state index in [1.54, 1.807) is 11.3 Å². The molecule has 5 heteroatoms. The molecule has 2 aromatic carbocycles. The molecule has 128 valence electrons. The normalized spacial score (nSPS) is 16.2. The van der Waals surface area contributed by atoms with E-state index in [1.165, 1.54) is 16.0 Å². The number of aromatic nitrogens is 1. The van der Waals surface area contributed by atoms with Crippen molar-refractivity contribution in [2.24, 2.45) is 0 Å². The lowest BCUT2D eigenvalue weighted by Gasteiger charge is -2.24. The minimum atomic E-state index is 0.0738. The number of nitrogens with one attached hydrogen (secondary N) is 1. The maximum Gasteiger partial charge on any atom is 0.239 e. The van der Waals surface area contributed by atoms with Crippen molar-refractivity contribution in [3.63, 3.8) is 0 Å². The molecule has 1 aliphatic heterocycles. The van der Waals surface area contributed by atoms with E-state index in [1.807, 2.05) is 24.3 Å². The van der Waals surface area contributed by atoms with Crippen LogP contribution in [0.1, 0.15) is 17.5 Å². The summed E-state index contributed by atoms with van der Waals surface area (Å²) in [5.41, 5.74) is 3.56. The third kappa shape index (κ3) is 3.37. The van der Waals surface area contributed by atoms with Crippen molar-refractivity contribution >= 4 is 33.1 Å². The molecule has 1 amide bonds. The van der Waals surface area contributed by atoms with Gasteiger partial charge in [-0.05, 0) is 37.1 Å². The van der Waals surface area contributed by atoms with Gasteiger partial charge in [0, 0.05) is 24.7 Å². The average molecular weight is 351 g/mol. The van der Waals surface area contributed by atoms with Crippen LogP contribution in [-0.2, 0) is 17.6 Å². The number of benzene rings is 2. The van der Waals surface area contributed by atoms with Crippen molar-refractivity contribution in [3.8, 4) is 0 Å². The molecule has 2 heterocycles. The highest BCUT2D eigenvalue weighted by molar-refractivity contribution is 7.18. The minimum Gasteiger partial charge on any atom is -0.359 e. The van der Waals surface area contributed by atoms with Crippen LogP contribution in [0.25, 0.3) is 10.2 Å². The molecule has 0 bridgehead atoms. The van der Waals surface area contributed by atoms with Gasteiger partial charge in [-0.1, -0.05) is 30.3 Å². The third-order valence-corrected chi connectivity index (χ3v) is 5.76. The molecular weight excluding hydrogens is 330 g/mol. The number of thiazole rings is 1. The number of fused-ring (bicyclic) bond motifs is 2. The molecule has 0 radical (unpaired) electrons. The van der Waals surface area contributed by atoms with Gasteiger partial charge in [-0.15, -0.1) is 11.3 Å². The molecule has 1 aromatic heterocycles. The monoisotopic (exact) mass is 351 g/mol. The van der Waals surface area contributed by atoms with Gasteiger partial charge in [0.1, 0.15) is 0 Å². The summed E-state index contributed by atoms with van der Waals surface area (Å²) in [7, 11) is 0. The van der Waals surface area contributed by atoms with E-state index in [0.29, 0.717) is 19.1 Å². The third-order valence-electron chi connectivity index (χ3n) is 4.66. The zero-order chi connectivity index (χ0) is 17.2. The summed E-state index contributed by atoms with van der Waals surface area (Å²) >= 11 is 1.70. The van der Waals surface area contributed by atoms with Crippen LogP contribution in [0.4, 0.5) is 5.69 Å². The largest absolute Gasteiger partial charge is 0.359 e. The number of hydrogen-bond acceptors (Lipinski definition) is 4. The van der Waals surface area contributed by atoms with Crippen LogP contribution >= 0.6 is 11.3 Å². The van der Waals surface area contributed by atoms with Crippen LogP contribution in [0, 0.1) is 0 Å². The first-order valence-electron chi connectivity index (χ1n) is 8.66. The molecule has 0 saturated carbocycles. The molecule has 1 aliphatic rings. The fourth-order valence-electron chi connectivity index (χ4n) is 3.42. The quantitative estimate of drug-likeness (QED) is 0.766. The van der Waals surface area contributed by atoms with Crippen LogP contribution in [0.5, 0.6) is 0 Å². The fourth-order valence-corrected chi connectivity index (χ4v) is 4.38. The SMILES string of the molecule is C[C@H]1Cc2ccccc2N1CC(=O)NCCc1nc2ccccc2s1. The molecule has 0 unspecified atom stereocenters. The highest BCUT2D eigenvalue weighted by Crippen LogP contribution is 2.31. The number of carbonyl (C=O) groups excluding carboxylic acids is 1. The first-order chi connectivity index (χ1) is 12.2. The average Bonchev–Trinajstić information content (AvgIpc) is 3.16. The van der Waals surface area contributed by atoms with E-state index >= 15 is 0 Å². The zero-order valence-corrected chi connectivity index (χ0v) is 15.1. The second-order valence-corrected chi connectivity index (χ2v) is 7.60. The van der Waals surface area contributed by atoms with Gasteiger partial charge < -0.3 is 10.2 Å². The topological polar surface area (TPSA) is 45.2 Å². The van der Waals surface area contributed by atoms with E-state index in [4.69, 9.17) is 0 Å². The standard InChI is InChI=1S/C20H21N3OS/c1-14-12-15-6-2-4-8-17(15)23(14)13-19(24)21-11-10-20-22-16-7-3-5-9-18(16)25-20/h2-9,14H,10-13H2,1H3,(H,21,24)/t14-/m0/s1. The Balaban J connectivity index is 1.32. The Morgan fingerprint density at radius 3 is 2.92 bits per heavy atom. The molecular formula is C20H21N3OS. The smallest absolute Gasteiger partial charge is 0.239 e. The summed E-state index contributed by atoms with van der Waals surface area (Å²) < 4.78 is 1.20. The predicted octanol–water partition coefficient (Wildman–Crippen LogP) is 3.41. The number of nitrogens with zero attached hydrogens (tertiary/aromatic N) is 2. The minimum absolute atomic E-state index is 0.0738. The highest BCUT2D eigenvalue weighted by atomic mass is 32.1. The van der Waals surface area contributed by atoms with Crippen LogP contribution < -0.4 is 10.2 Å². The van der Waals surface area contributed by atoms with Gasteiger partial charge in [0.25, 0.3) is 0 Å². The molecule has 0 fully saturated rings. The number of anilines is 1. The molecule has 3 aromatic rings. The Hall–Kier alpha value is -2.40. The second kappa shape index (κ2) is 6.84. The molecule has 0 spiro atoms. The van der Waals surface area contributed by atoms with Crippen molar-refractivity contribution in [1.29, 1.82) is 0 Å². The summed E-state index contributed by atoms with van der Waals surface area (Å²) in [5, 5.41) is 4.11. The molecule has 4 rings (SSSR count). The van der Waals surface area contributed by atoms with Gasteiger partial charge in [-0.3, -0.25) is 4.79 Å². The predicted molar refractivity (Wildman–Crippen MR) is 103 cm³/mol. The lowest BCUT2D eigenvalue weighted by molar-refractivity contribution is -0.119. The van der Waals surface area contributed by atoms with Gasteiger partial charge >= 0.3 is 0 Å². The summed E-state index contributed by atoms with van der Waals surface area (Å²) in [6, 6.07) is 16.9. The Morgan fingerprint density at radius 2 is 2.04 bits per heavy atom. The van der Waals surface area contributed by atoms with E-state index in [-0.39, 0.29) is 5.91 Å². The van der Waals surface area contributed by atoms with E-state index in [9.17, 15) is 4.79 Å². The van der Waals surface area contributed by atoms with Gasteiger partial charge in [-0.2, -0.15) is 0 Å².